The number of rotatable bonds is 6. The predicted molar refractivity (Wildman–Crippen MR) is 127 cm³/mol. The number of nitrogens with zero attached hydrogens (tertiary/aromatic N) is 2. The van der Waals surface area contributed by atoms with Crippen LogP contribution in [0.2, 0.25) is 0 Å². The molecular formula is C24H25F8N3O4S. The van der Waals surface area contributed by atoms with Crippen LogP contribution < -0.4 is 5.32 Å². The van der Waals surface area contributed by atoms with Gasteiger partial charge in [-0.3, -0.25) is 9.59 Å². The fraction of sp³-hybridized carbons (Fsp3) is 0.542. The number of aromatic nitrogens is 1. The maximum Gasteiger partial charge on any atom is 0.430 e. The lowest BCUT2D eigenvalue weighted by Crippen LogP contribution is -2.53. The van der Waals surface area contributed by atoms with Crippen LogP contribution in [0.25, 0.3) is 10.4 Å². The number of benzene rings is 1. The Morgan fingerprint density at radius 3 is 2.15 bits per heavy atom. The number of hydrogen-bond acceptors (Lipinski definition) is 6. The Bertz CT molecular complexity index is 1290. The zero-order valence-corrected chi connectivity index (χ0v) is 22.3. The minimum Gasteiger partial charge on any atom is -0.389 e. The first-order valence-electron chi connectivity index (χ1n) is 11.7. The normalized spacial score (nSPS) is 18.2. The molecule has 0 radical (unpaired) electrons. The van der Waals surface area contributed by atoms with E-state index in [4.69, 9.17) is 0 Å². The fourth-order valence-electron chi connectivity index (χ4n) is 4.17. The van der Waals surface area contributed by atoms with E-state index in [1.165, 1.54) is 20.8 Å². The topological polar surface area (TPSA) is 103 Å². The highest BCUT2D eigenvalue weighted by Gasteiger charge is 2.71. The number of amides is 2. The molecule has 0 spiro atoms. The fourth-order valence-corrected chi connectivity index (χ4v) is 5.23. The van der Waals surface area contributed by atoms with Gasteiger partial charge in [0.05, 0.1) is 17.0 Å². The van der Waals surface area contributed by atoms with Crippen molar-refractivity contribution in [3.05, 3.63) is 40.0 Å². The summed E-state index contributed by atoms with van der Waals surface area (Å²) >= 11 is 0.551. The molecule has 3 N–H and O–H groups in total. The number of nitrogens with one attached hydrogen (secondary N) is 1. The summed E-state index contributed by atoms with van der Waals surface area (Å²) in [6, 6.07) is 0.655. The molecule has 1 fully saturated rings. The molecule has 0 aliphatic carbocycles. The van der Waals surface area contributed by atoms with Crippen molar-refractivity contribution >= 4 is 23.2 Å². The third-order valence-electron chi connectivity index (χ3n) is 6.20. The van der Waals surface area contributed by atoms with Gasteiger partial charge in [-0.2, -0.15) is 26.3 Å². The molecule has 1 aromatic heterocycles. The van der Waals surface area contributed by atoms with Crippen LogP contribution >= 0.6 is 11.3 Å². The van der Waals surface area contributed by atoms with Gasteiger partial charge in [0.1, 0.15) is 5.69 Å². The second kappa shape index (κ2) is 10.2. The van der Waals surface area contributed by atoms with Gasteiger partial charge in [-0.25, -0.2) is 13.8 Å². The predicted octanol–water partition coefficient (Wildman–Crippen LogP) is 4.80. The molecule has 1 aliphatic rings. The molecule has 40 heavy (non-hydrogen) atoms. The Kier molecular flexibility index (Phi) is 8.08. The van der Waals surface area contributed by atoms with Crippen LogP contribution in [0.4, 0.5) is 35.1 Å². The van der Waals surface area contributed by atoms with Crippen molar-refractivity contribution in [3.63, 3.8) is 0 Å². The molecule has 222 valence electrons. The molecule has 2 aromatic rings. The Labute approximate surface area is 226 Å². The van der Waals surface area contributed by atoms with E-state index in [-0.39, 0.29) is 27.6 Å². The average Bonchev–Trinajstić information content (AvgIpc) is 3.34. The summed E-state index contributed by atoms with van der Waals surface area (Å²) < 4.78 is 108. The maximum absolute atomic E-state index is 14.0. The highest BCUT2D eigenvalue weighted by molar-refractivity contribution is 7.17. The van der Waals surface area contributed by atoms with Crippen LogP contribution in [0.15, 0.2) is 18.2 Å². The van der Waals surface area contributed by atoms with Crippen molar-refractivity contribution in [1.82, 2.24) is 15.2 Å². The first-order valence-corrected chi connectivity index (χ1v) is 12.5. The average molecular weight is 604 g/mol. The molecule has 0 bridgehead atoms. The minimum atomic E-state index is -6.13. The van der Waals surface area contributed by atoms with E-state index in [0.29, 0.717) is 23.5 Å². The van der Waals surface area contributed by atoms with E-state index >= 15 is 0 Å². The third kappa shape index (κ3) is 6.07. The molecule has 1 atom stereocenters. The van der Waals surface area contributed by atoms with Gasteiger partial charge >= 0.3 is 12.4 Å². The van der Waals surface area contributed by atoms with Crippen molar-refractivity contribution < 1.29 is 54.9 Å². The van der Waals surface area contributed by atoms with Crippen LogP contribution in [0, 0.1) is 6.92 Å². The Morgan fingerprint density at radius 1 is 1.12 bits per heavy atom. The van der Waals surface area contributed by atoms with Gasteiger partial charge in [-0.1, -0.05) is 18.2 Å². The maximum atomic E-state index is 14.0. The molecule has 3 rings (SSSR count). The van der Waals surface area contributed by atoms with E-state index < -0.39 is 71.6 Å². The van der Waals surface area contributed by atoms with Crippen molar-refractivity contribution in [2.24, 2.45) is 0 Å². The van der Waals surface area contributed by atoms with Crippen LogP contribution in [-0.2, 0) is 5.60 Å². The van der Waals surface area contributed by atoms with Crippen molar-refractivity contribution in [3.8, 4) is 10.4 Å². The van der Waals surface area contributed by atoms with Crippen molar-refractivity contribution in [2.45, 2.75) is 69.6 Å². The number of likely N-dealkylation sites (tertiary alicyclic amines) is 1. The summed E-state index contributed by atoms with van der Waals surface area (Å²) in [7, 11) is 0. The quantitative estimate of drug-likeness (QED) is 0.412. The van der Waals surface area contributed by atoms with E-state index in [2.05, 4.69) is 10.3 Å². The van der Waals surface area contributed by atoms with Crippen LogP contribution in [0.5, 0.6) is 0 Å². The summed E-state index contributed by atoms with van der Waals surface area (Å²) in [6.07, 6.45) is -12.9. The first kappa shape index (κ1) is 31.7. The summed E-state index contributed by atoms with van der Waals surface area (Å²) in [6.45, 7) is 4.03. The number of aryl methyl sites for hydroxylation is 1. The lowest BCUT2D eigenvalue weighted by Gasteiger charge is -2.33. The zero-order chi connectivity index (χ0) is 30.6. The minimum absolute atomic E-state index is 0.114. The van der Waals surface area contributed by atoms with Gasteiger partial charge in [-0.15, -0.1) is 11.3 Å². The molecule has 7 nitrogen and oxygen atoms in total. The number of aliphatic hydroxyl groups is 2. The summed E-state index contributed by atoms with van der Waals surface area (Å²) in [5.74, 6) is -5.11. The Morgan fingerprint density at radius 2 is 1.70 bits per heavy atom. The molecule has 1 saturated heterocycles. The standard InChI is InChI=1S/C24H25F8N3O4S/c1-11-7-13(22(39,23(27,28)29)24(30,31)32)5-6-14(11)16-15(19(37)35-10-21(25,26)8-12(35)2)34-18(40-16)17(36)33-9-20(3,4)38/h5-7,12,38-39H,8-10H2,1-4H3,(H,33,36). The van der Waals surface area contributed by atoms with E-state index in [9.17, 15) is 54.9 Å². The van der Waals surface area contributed by atoms with E-state index in [0.717, 1.165) is 17.9 Å². The molecular weight excluding hydrogens is 578 g/mol. The van der Waals surface area contributed by atoms with Crippen LogP contribution in [-0.4, -0.2) is 74.9 Å². The molecule has 1 aliphatic heterocycles. The van der Waals surface area contributed by atoms with Gasteiger partial charge in [0.15, 0.2) is 5.01 Å². The summed E-state index contributed by atoms with van der Waals surface area (Å²) in [5, 5.41) is 21.6. The Hall–Kier alpha value is -2.85. The molecule has 16 heteroatoms. The molecule has 1 aromatic carbocycles. The zero-order valence-electron chi connectivity index (χ0n) is 21.5. The summed E-state index contributed by atoms with van der Waals surface area (Å²) in [4.78, 5) is 30.6. The number of hydrogen-bond donors (Lipinski definition) is 3. The number of carbonyl (C=O) groups is 2. The molecule has 1 unspecified atom stereocenters. The number of carbonyl (C=O) groups excluding carboxylic acids is 2. The Balaban J connectivity index is 2.14. The molecule has 2 amide bonds. The lowest BCUT2D eigenvalue weighted by molar-refractivity contribution is -0.376. The largest absolute Gasteiger partial charge is 0.430 e. The monoisotopic (exact) mass is 603 g/mol. The van der Waals surface area contributed by atoms with Crippen molar-refractivity contribution in [2.75, 3.05) is 13.1 Å². The second-order valence-electron chi connectivity index (χ2n) is 10.3. The lowest BCUT2D eigenvalue weighted by atomic mass is 9.89. The molecule has 2 heterocycles. The van der Waals surface area contributed by atoms with Crippen LogP contribution in [0.3, 0.4) is 0 Å². The van der Waals surface area contributed by atoms with E-state index in [1.54, 1.807) is 0 Å². The number of alkyl halides is 8. The highest BCUT2D eigenvalue weighted by atomic mass is 32.1. The summed E-state index contributed by atoms with van der Waals surface area (Å²) in [5.41, 5.74) is -8.97. The van der Waals surface area contributed by atoms with Crippen LogP contribution in [0.1, 0.15) is 58.6 Å². The van der Waals surface area contributed by atoms with Gasteiger partial charge in [-0.05, 0) is 38.8 Å². The SMILES string of the molecule is Cc1cc(C(O)(C(F)(F)F)C(F)(F)F)ccc1-c1sc(C(=O)NCC(C)(C)O)nc1C(=O)N1CC(F)(F)CC1C. The smallest absolute Gasteiger partial charge is 0.389 e. The van der Waals surface area contributed by atoms with Gasteiger partial charge < -0.3 is 20.4 Å². The van der Waals surface area contributed by atoms with Gasteiger partial charge in [0.2, 0.25) is 0 Å². The third-order valence-corrected chi connectivity index (χ3v) is 7.29. The number of thiazole rings is 1. The first-order chi connectivity index (χ1) is 18.0. The van der Waals surface area contributed by atoms with Crippen molar-refractivity contribution in [1.29, 1.82) is 0 Å². The van der Waals surface area contributed by atoms with Gasteiger partial charge in [0.25, 0.3) is 23.3 Å². The highest BCUT2D eigenvalue weighted by Crippen LogP contribution is 2.50. The van der Waals surface area contributed by atoms with E-state index in [1.807, 2.05) is 0 Å². The molecule has 0 saturated carbocycles. The number of halogens is 8. The second-order valence-corrected chi connectivity index (χ2v) is 11.3. The van der Waals surface area contributed by atoms with Gasteiger partial charge in [0, 0.05) is 24.6 Å².